The van der Waals surface area contributed by atoms with Crippen molar-refractivity contribution >= 4 is 39.3 Å². The van der Waals surface area contributed by atoms with Crippen molar-refractivity contribution in [2.24, 2.45) is 5.10 Å². The first kappa shape index (κ1) is 25.0. The van der Waals surface area contributed by atoms with E-state index in [0.29, 0.717) is 17.1 Å². The molecule has 0 aromatic heterocycles. The molecule has 0 aliphatic rings. The SMILES string of the molecule is COc1ccc(C=NNc2ccc(S(=O)(=O)Nc3ccccc3C(=O)O)cc2[N+](=O)[O-])c(OC)c1. The van der Waals surface area contributed by atoms with Crippen LogP contribution in [-0.4, -0.2) is 44.9 Å². The van der Waals surface area contributed by atoms with Crippen molar-refractivity contribution in [2.75, 3.05) is 24.4 Å². The van der Waals surface area contributed by atoms with Crippen molar-refractivity contribution in [3.63, 3.8) is 0 Å². The van der Waals surface area contributed by atoms with Gasteiger partial charge in [0, 0.05) is 17.7 Å². The van der Waals surface area contributed by atoms with Crippen molar-refractivity contribution in [1.82, 2.24) is 0 Å². The second kappa shape index (κ2) is 10.5. The van der Waals surface area contributed by atoms with Crippen molar-refractivity contribution in [3.05, 3.63) is 81.9 Å². The molecule has 0 aliphatic heterocycles. The summed E-state index contributed by atoms with van der Waals surface area (Å²) in [5, 5.41) is 24.8. The number of para-hydroxylation sites is 1. The number of aromatic carboxylic acids is 1. The number of nitro groups is 1. The Hall–Kier alpha value is -4.65. The second-order valence-electron chi connectivity index (χ2n) is 6.87. The van der Waals surface area contributed by atoms with E-state index in [1.807, 2.05) is 0 Å². The largest absolute Gasteiger partial charge is 0.497 e. The Morgan fingerprint density at radius 2 is 1.80 bits per heavy atom. The summed E-state index contributed by atoms with van der Waals surface area (Å²) in [4.78, 5) is 21.7. The molecular formula is C22H20N4O8S. The summed E-state index contributed by atoms with van der Waals surface area (Å²) in [6, 6.07) is 13.5. The third kappa shape index (κ3) is 5.83. The Kier molecular flexibility index (Phi) is 7.51. The molecule has 0 atom stereocenters. The second-order valence-corrected chi connectivity index (χ2v) is 8.55. The molecule has 0 radical (unpaired) electrons. The molecule has 13 heteroatoms. The first-order chi connectivity index (χ1) is 16.7. The number of hydrazone groups is 1. The molecule has 0 aliphatic carbocycles. The molecule has 3 aromatic rings. The third-order valence-corrected chi connectivity index (χ3v) is 6.07. The molecule has 0 spiro atoms. The van der Waals surface area contributed by atoms with Gasteiger partial charge in [0.05, 0.1) is 41.5 Å². The van der Waals surface area contributed by atoms with Crippen LogP contribution >= 0.6 is 0 Å². The number of ether oxygens (including phenoxy) is 2. The molecule has 0 saturated carbocycles. The van der Waals surface area contributed by atoms with Crippen molar-refractivity contribution in [1.29, 1.82) is 0 Å². The van der Waals surface area contributed by atoms with Crippen LogP contribution in [0.1, 0.15) is 15.9 Å². The van der Waals surface area contributed by atoms with Crippen LogP contribution < -0.4 is 19.6 Å². The Morgan fingerprint density at radius 3 is 2.46 bits per heavy atom. The van der Waals surface area contributed by atoms with Gasteiger partial charge in [0.1, 0.15) is 17.2 Å². The quantitative estimate of drug-likeness (QED) is 0.214. The minimum Gasteiger partial charge on any atom is -0.497 e. The van der Waals surface area contributed by atoms with Gasteiger partial charge in [-0.3, -0.25) is 20.3 Å². The summed E-state index contributed by atoms with van der Waals surface area (Å²) in [6.45, 7) is 0. The minimum absolute atomic E-state index is 0.0661. The highest BCUT2D eigenvalue weighted by molar-refractivity contribution is 7.92. The summed E-state index contributed by atoms with van der Waals surface area (Å²) in [7, 11) is -1.36. The van der Waals surface area contributed by atoms with Crippen LogP contribution in [0.2, 0.25) is 0 Å². The molecule has 3 rings (SSSR count). The number of carbonyl (C=O) groups is 1. The monoisotopic (exact) mass is 500 g/mol. The van der Waals surface area contributed by atoms with Crippen LogP contribution in [0.3, 0.4) is 0 Å². The van der Waals surface area contributed by atoms with Crippen LogP contribution in [0.5, 0.6) is 11.5 Å². The van der Waals surface area contributed by atoms with Gasteiger partial charge in [-0.25, -0.2) is 13.2 Å². The number of methoxy groups -OCH3 is 2. The molecule has 0 heterocycles. The van der Waals surface area contributed by atoms with Gasteiger partial charge in [-0.1, -0.05) is 12.1 Å². The van der Waals surface area contributed by atoms with E-state index in [2.05, 4.69) is 15.2 Å². The highest BCUT2D eigenvalue weighted by Crippen LogP contribution is 2.29. The predicted molar refractivity (Wildman–Crippen MR) is 128 cm³/mol. The number of carboxylic acids is 1. The van der Waals surface area contributed by atoms with Gasteiger partial charge in [0.15, 0.2) is 0 Å². The van der Waals surface area contributed by atoms with E-state index >= 15 is 0 Å². The summed E-state index contributed by atoms with van der Waals surface area (Å²) in [5.41, 5.74) is 2.01. The smallest absolute Gasteiger partial charge is 0.337 e. The zero-order valence-corrected chi connectivity index (χ0v) is 19.3. The summed E-state index contributed by atoms with van der Waals surface area (Å²) < 4.78 is 38.1. The van der Waals surface area contributed by atoms with Gasteiger partial charge < -0.3 is 14.6 Å². The van der Waals surface area contributed by atoms with Crippen LogP contribution in [-0.2, 0) is 10.0 Å². The highest BCUT2D eigenvalue weighted by atomic mass is 32.2. The van der Waals surface area contributed by atoms with Crippen molar-refractivity contribution in [3.8, 4) is 11.5 Å². The van der Waals surface area contributed by atoms with Crippen LogP contribution in [0.15, 0.2) is 70.7 Å². The molecule has 0 amide bonds. The molecule has 0 saturated heterocycles. The number of benzene rings is 3. The third-order valence-electron chi connectivity index (χ3n) is 4.71. The van der Waals surface area contributed by atoms with Crippen molar-refractivity contribution < 1.29 is 32.7 Å². The number of anilines is 2. The number of sulfonamides is 1. The number of nitrogens with one attached hydrogen (secondary N) is 2. The van der Waals surface area contributed by atoms with Crippen molar-refractivity contribution in [2.45, 2.75) is 4.90 Å². The summed E-state index contributed by atoms with van der Waals surface area (Å²) in [5.74, 6) is -0.308. The predicted octanol–water partition coefficient (Wildman–Crippen LogP) is 3.56. The van der Waals surface area contributed by atoms with Gasteiger partial charge in [-0.15, -0.1) is 0 Å². The van der Waals surface area contributed by atoms with Crippen LogP contribution in [0.25, 0.3) is 0 Å². The van der Waals surface area contributed by atoms with E-state index in [4.69, 9.17) is 9.47 Å². The fourth-order valence-corrected chi connectivity index (χ4v) is 4.08. The number of rotatable bonds is 10. The lowest BCUT2D eigenvalue weighted by atomic mass is 10.2. The lowest BCUT2D eigenvalue weighted by Crippen LogP contribution is -2.16. The van der Waals surface area contributed by atoms with E-state index in [1.165, 1.54) is 50.8 Å². The molecule has 35 heavy (non-hydrogen) atoms. The molecule has 182 valence electrons. The lowest BCUT2D eigenvalue weighted by molar-refractivity contribution is -0.384. The van der Waals surface area contributed by atoms with Crippen LogP contribution in [0, 0.1) is 10.1 Å². The molecular weight excluding hydrogens is 480 g/mol. The molecule has 3 aromatic carbocycles. The van der Waals surface area contributed by atoms with Gasteiger partial charge in [-0.05, 0) is 36.4 Å². The topological polar surface area (TPSA) is 169 Å². The van der Waals surface area contributed by atoms with Gasteiger partial charge in [0.25, 0.3) is 15.7 Å². The van der Waals surface area contributed by atoms with E-state index in [0.717, 1.165) is 12.1 Å². The highest BCUT2D eigenvalue weighted by Gasteiger charge is 2.23. The number of hydrogen-bond acceptors (Lipinski definition) is 9. The average molecular weight is 500 g/mol. The lowest BCUT2D eigenvalue weighted by Gasteiger charge is -2.11. The van der Waals surface area contributed by atoms with Gasteiger partial charge in [0.2, 0.25) is 0 Å². The first-order valence-electron chi connectivity index (χ1n) is 9.81. The maximum Gasteiger partial charge on any atom is 0.337 e. The zero-order chi connectivity index (χ0) is 25.6. The standard InChI is InChI=1S/C22H20N4O8S/c1-33-15-8-7-14(21(11-15)34-2)13-23-24-19-10-9-16(12-20(19)26(29)30)35(31,32)25-18-6-4-3-5-17(18)22(27)28/h3-13,24-25H,1-2H3,(H,27,28). The summed E-state index contributed by atoms with van der Waals surface area (Å²) in [6.07, 6.45) is 1.37. The maximum atomic E-state index is 12.8. The van der Waals surface area contributed by atoms with Crippen LogP contribution in [0.4, 0.5) is 17.1 Å². The normalized spacial score (nSPS) is 11.1. The van der Waals surface area contributed by atoms with Gasteiger partial charge >= 0.3 is 5.97 Å². The Balaban J connectivity index is 1.88. The van der Waals surface area contributed by atoms with Gasteiger partial charge in [-0.2, -0.15) is 5.10 Å². The summed E-state index contributed by atoms with van der Waals surface area (Å²) >= 11 is 0. The average Bonchev–Trinajstić information content (AvgIpc) is 2.84. The number of carboxylic acid groups (broad SMARTS) is 1. The fourth-order valence-electron chi connectivity index (χ4n) is 2.98. The van der Waals surface area contributed by atoms with E-state index < -0.39 is 31.5 Å². The Labute approximate surface area is 200 Å². The molecule has 12 nitrogen and oxygen atoms in total. The molecule has 0 bridgehead atoms. The number of nitrogens with zero attached hydrogens (tertiary/aromatic N) is 2. The number of nitro benzene ring substituents is 1. The van der Waals surface area contributed by atoms with E-state index in [-0.39, 0.29) is 16.9 Å². The molecule has 0 fully saturated rings. The van der Waals surface area contributed by atoms with E-state index in [9.17, 15) is 28.4 Å². The molecule has 3 N–H and O–H groups in total. The zero-order valence-electron chi connectivity index (χ0n) is 18.5. The fraction of sp³-hybridized carbons (Fsp3) is 0.0909. The maximum absolute atomic E-state index is 12.8. The molecule has 0 unspecified atom stereocenters. The number of hydrogen-bond donors (Lipinski definition) is 3. The Bertz CT molecular complexity index is 1410. The van der Waals surface area contributed by atoms with E-state index in [1.54, 1.807) is 18.2 Å². The Morgan fingerprint density at radius 1 is 1.06 bits per heavy atom. The minimum atomic E-state index is -4.33. The first-order valence-corrected chi connectivity index (χ1v) is 11.3.